The highest BCUT2D eigenvalue weighted by molar-refractivity contribution is 6.33. The summed E-state index contributed by atoms with van der Waals surface area (Å²) >= 11 is 6.26. The Morgan fingerprint density at radius 1 is 0.945 bits per heavy atom. The zero-order valence-corrected chi connectivity index (χ0v) is 31.3. The summed E-state index contributed by atoms with van der Waals surface area (Å²) < 4.78 is 0. The highest BCUT2D eigenvalue weighted by Crippen LogP contribution is 2.35. The Hall–Kier alpha value is -5.39. The molecule has 1 aliphatic carbocycles. The van der Waals surface area contributed by atoms with E-state index < -0.39 is 29.7 Å². The van der Waals surface area contributed by atoms with Crippen LogP contribution in [0, 0.1) is 12.5 Å². The summed E-state index contributed by atoms with van der Waals surface area (Å²) in [6.45, 7) is 11.1. The monoisotopic (exact) mass is 763 g/mol. The van der Waals surface area contributed by atoms with Gasteiger partial charge in [-0.05, 0) is 86.3 Å². The lowest BCUT2D eigenvalue weighted by molar-refractivity contribution is -0.136. The number of rotatable bonds is 8. The standard InChI is InChI=1S/C40H42ClN9O5/c1-42-33-8-7-29(17-32(33)41)47(2)28-5-3-27(4-6-28)45-36(52)26-18-43-40(44-19-26)49-13-11-23(12-14-49)20-48-21-24-15-30-31(16-25(24)22-48)39(55)50(38(30)54)34-9-10-35(51)46-37(34)53/h7-8,15-19,23,27-28,34H,3-6,9-14,20-22H2,2H3,(H,45,52)(H,46,51,53). The van der Waals surface area contributed by atoms with Gasteiger partial charge in [0.15, 0.2) is 0 Å². The van der Waals surface area contributed by atoms with Gasteiger partial charge in [0.25, 0.3) is 17.7 Å². The van der Waals surface area contributed by atoms with E-state index in [1.54, 1.807) is 18.5 Å². The van der Waals surface area contributed by atoms with Gasteiger partial charge in [-0.2, -0.15) is 0 Å². The van der Waals surface area contributed by atoms with Crippen LogP contribution in [0.25, 0.3) is 4.85 Å². The molecule has 0 radical (unpaired) electrons. The van der Waals surface area contributed by atoms with Gasteiger partial charge in [-0.3, -0.25) is 39.1 Å². The van der Waals surface area contributed by atoms with Gasteiger partial charge in [0, 0.05) is 81.4 Å². The predicted molar refractivity (Wildman–Crippen MR) is 204 cm³/mol. The van der Waals surface area contributed by atoms with Crippen LogP contribution in [0.15, 0.2) is 42.7 Å². The first-order chi connectivity index (χ1) is 26.6. The SMILES string of the molecule is [C-]#[N+]c1ccc(N(C)C2CCC(NC(=O)c3cnc(N4CCC(CN5Cc6cc7c(cc6C5)C(=O)N(C5CCC(=O)NC5=O)C7=O)CC4)nc3)CC2)cc1Cl. The van der Waals surface area contributed by atoms with Crippen molar-refractivity contribution in [3.05, 3.63) is 87.0 Å². The summed E-state index contributed by atoms with van der Waals surface area (Å²) in [6.07, 6.45) is 8.95. The quantitative estimate of drug-likeness (QED) is 0.248. The number of amides is 5. The largest absolute Gasteiger partial charge is 0.372 e. The van der Waals surface area contributed by atoms with Crippen LogP contribution in [0.3, 0.4) is 0 Å². The smallest absolute Gasteiger partial charge is 0.262 e. The van der Waals surface area contributed by atoms with Crippen LogP contribution in [-0.2, 0) is 22.7 Å². The first-order valence-electron chi connectivity index (χ1n) is 18.9. The maximum Gasteiger partial charge on any atom is 0.262 e. The topological polar surface area (TPSA) is 153 Å². The van der Waals surface area contributed by atoms with Gasteiger partial charge in [0.2, 0.25) is 23.5 Å². The molecule has 3 aromatic rings. The van der Waals surface area contributed by atoms with Crippen molar-refractivity contribution < 1.29 is 24.0 Å². The first-order valence-corrected chi connectivity index (χ1v) is 19.3. The van der Waals surface area contributed by atoms with Crippen molar-refractivity contribution in [3.63, 3.8) is 0 Å². The van der Waals surface area contributed by atoms with E-state index in [-0.39, 0.29) is 24.8 Å². The van der Waals surface area contributed by atoms with Gasteiger partial charge in [-0.15, -0.1) is 0 Å². The molecule has 0 bridgehead atoms. The van der Waals surface area contributed by atoms with Crippen molar-refractivity contribution in [1.82, 2.24) is 30.4 Å². The van der Waals surface area contributed by atoms with E-state index in [4.69, 9.17) is 18.2 Å². The number of nitrogens with one attached hydrogen (secondary N) is 2. The zero-order chi connectivity index (χ0) is 38.4. The molecule has 2 saturated heterocycles. The molecule has 55 heavy (non-hydrogen) atoms. The number of imide groups is 2. The number of carbonyl (C=O) groups excluding carboxylic acids is 5. The van der Waals surface area contributed by atoms with Crippen molar-refractivity contribution in [3.8, 4) is 0 Å². The molecule has 1 aromatic heterocycles. The maximum atomic E-state index is 13.3. The minimum atomic E-state index is -0.968. The molecule has 1 atom stereocenters. The van der Waals surface area contributed by atoms with E-state index in [9.17, 15) is 24.0 Å². The Morgan fingerprint density at radius 3 is 2.20 bits per heavy atom. The van der Waals surface area contributed by atoms with Crippen molar-refractivity contribution >= 4 is 58.5 Å². The fourth-order valence-electron chi connectivity index (χ4n) is 8.74. The van der Waals surface area contributed by atoms with E-state index in [1.165, 1.54) is 0 Å². The summed E-state index contributed by atoms with van der Waals surface area (Å²) in [5.74, 6) is -1.04. The molecule has 1 saturated carbocycles. The second-order valence-corrected chi connectivity index (χ2v) is 15.7. The molecule has 15 heteroatoms. The molecule has 2 N–H and O–H groups in total. The second kappa shape index (κ2) is 15.0. The summed E-state index contributed by atoms with van der Waals surface area (Å²) in [4.78, 5) is 84.0. The van der Waals surface area contributed by atoms with Gasteiger partial charge in [0.05, 0.1) is 23.3 Å². The Labute approximate surface area is 324 Å². The van der Waals surface area contributed by atoms with Gasteiger partial charge in [0.1, 0.15) is 6.04 Å². The van der Waals surface area contributed by atoms with Crippen LogP contribution in [0.2, 0.25) is 5.02 Å². The summed E-state index contributed by atoms with van der Waals surface area (Å²) in [7, 11) is 2.05. The third-order valence-electron chi connectivity index (χ3n) is 11.9. The zero-order valence-electron chi connectivity index (χ0n) is 30.6. The van der Waals surface area contributed by atoms with Gasteiger partial charge in [-0.25, -0.2) is 14.8 Å². The maximum absolute atomic E-state index is 13.3. The highest BCUT2D eigenvalue weighted by atomic mass is 35.5. The number of halogens is 1. The molecular weight excluding hydrogens is 722 g/mol. The van der Waals surface area contributed by atoms with Gasteiger partial charge in [-0.1, -0.05) is 17.7 Å². The van der Waals surface area contributed by atoms with Crippen LogP contribution in [0.5, 0.6) is 0 Å². The second-order valence-electron chi connectivity index (χ2n) is 15.3. The molecule has 5 heterocycles. The van der Waals surface area contributed by atoms with E-state index >= 15 is 0 Å². The Kier molecular flexibility index (Phi) is 10.00. The fraction of sp³-hybridized carbons (Fsp3) is 0.450. The molecule has 284 valence electrons. The normalized spacial score (nSPS) is 23.0. The molecule has 2 aromatic carbocycles. The molecule has 3 fully saturated rings. The number of aromatic nitrogens is 2. The van der Waals surface area contributed by atoms with Crippen molar-refractivity contribution in [2.24, 2.45) is 5.92 Å². The first kappa shape index (κ1) is 36.6. The summed E-state index contributed by atoms with van der Waals surface area (Å²) in [5.41, 5.74) is 4.56. The number of benzene rings is 2. The molecule has 0 spiro atoms. The van der Waals surface area contributed by atoms with E-state index in [2.05, 4.69) is 40.1 Å². The van der Waals surface area contributed by atoms with Crippen molar-refractivity contribution in [2.75, 3.05) is 36.5 Å². The average molecular weight is 764 g/mol. The number of anilines is 2. The lowest BCUT2D eigenvalue weighted by atomic mass is 9.90. The summed E-state index contributed by atoms with van der Waals surface area (Å²) in [5, 5.41) is 5.87. The number of nitrogens with zero attached hydrogens (tertiary/aromatic N) is 7. The third-order valence-corrected chi connectivity index (χ3v) is 12.2. The number of carbonyl (C=O) groups is 5. The van der Waals surface area contributed by atoms with Crippen molar-refractivity contribution in [2.45, 2.75) is 82.6 Å². The third kappa shape index (κ3) is 7.26. The van der Waals surface area contributed by atoms with E-state index in [1.807, 2.05) is 31.3 Å². The minimum absolute atomic E-state index is 0.0774. The lowest BCUT2D eigenvalue weighted by Gasteiger charge is -2.36. The average Bonchev–Trinajstić information content (AvgIpc) is 3.69. The van der Waals surface area contributed by atoms with E-state index in [0.29, 0.717) is 58.4 Å². The van der Waals surface area contributed by atoms with Crippen LogP contribution in [-0.4, -0.2) is 94.1 Å². The van der Waals surface area contributed by atoms with Gasteiger partial charge >= 0.3 is 0 Å². The summed E-state index contributed by atoms with van der Waals surface area (Å²) in [6, 6.07) is 8.57. The van der Waals surface area contributed by atoms with Gasteiger partial charge < -0.3 is 15.1 Å². The van der Waals surface area contributed by atoms with Crippen LogP contribution >= 0.6 is 11.6 Å². The Bertz CT molecular complexity index is 2060. The molecule has 5 amide bonds. The van der Waals surface area contributed by atoms with Crippen LogP contribution in [0.4, 0.5) is 17.3 Å². The Balaban J connectivity index is 0.784. The number of fused-ring (bicyclic) bond motifs is 2. The number of hydrogen-bond donors (Lipinski definition) is 2. The Morgan fingerprint density at radius 2 is 1.60 bits per heavy atom. The highest BCUT2D eigenvalue weighted by Gasteiger charge is 2.45. The van der Waals surface area contributed by atoms with E-state index in [0.717, 1.165) is 79.9 Å². The molecule has 1 unspecified atom stereocenters. The number of piperidine rings is 2. The minimum Gasteiger partial charge on any atom is -0.372 e. The molecule has 14 nitrogen and oxygen atoms in total. The fourth-order valence-corrected chi connectivity index (χ4v) is 8.96. The lowest BCUT2D eigenvalue weighted by Crippen LogP contribution is -2.54. The van der Waals surface area contributed by atoms with Crippen LogP contribution < -0.4 is 20.4 Å². The molecule has 8 rings (SSSR count). The predicted octanol–water partition coefficient (Wildman–Crippen LogP) is 4.49. The number of hydrogen-bond acceptors (Lipinski definition) is 10. The molecule has 5 aliphatic rings. The molecule has 4 aliphatic heterocycles. The molecular formula is C40H42ClN9O5. The van der Waals surface area contributed by atoms with Crippen LogP contribution in [0.1, 0.15) is 93.6 Å². The van der Waals surface area contributed by atoms with Crippen molar-refractivity contribution in [1.29, 1.82) is 0 Å².